The molecule has 1 aliphatic heterocycles. The summed E-state index contributed by atoms with van der Waals surface area (Å²) in [6.45, 7) is 0.580. The normalized spacial score (nSPS) is 18.5. The van der Waals surface area contributed by atoms with Crippen LogP contribution in [-0.4, -0.2) is 32.5 Å². The Kier molecular flexibility index (Phi) is 3.86. The van der Waals surface area contributed by atoms with Crippen LogP contribution in [0.1, 0.15) is 6.42 Å². The van der Waals surface area contributed by atoms with E-state index in [0.717, 1.165) is 0 Å². The van der Waals surface area contributed by atoms with Crippen molar-refractivity contribution < 1.29 is 9.18 Å². The molecule has 0 unspecified atom stereocenters. The number of benzene rings is 1. The molecule has 2 aromatic rings. The smallest absolute Gasteiger partial charge is 0.240 e. The van der Waals surface area contributed by atoms with Gasteiger partial charge in [-0.2, -0.15) is 0 Å². The molecule has 1 atom stereocenters. The van der Waals surface area contributed by atoms with Crippen LogP contribution in [0.3, 0.4) is 0 Å². The van der Waals surface area contributed by atoms with Crippen LogP contribution in [0.25, 0.3) is 0 Å². The number of halogens is 2. The predicted octanol–water partition coefficient (Wildman–Crippen LogP) is 2.51. The van der Waals surface area contributed by atoms with Gasteiger partial charge < -0.3 is 9.47 Å². The number of hydrogen-bond acceptors (Lipinski definition) is 4. The van der Waals surface area contributed by atoms with Crippen LogP contribution in [0.2, 0.25) is 5.02 Å². The Morgan fingerprint density at radius 1 is 1.48 bits per heavy atom. The number of hydrogen-bond donors (Lipinski definition) is 0. The van der Waals surface area contributed by atoms with Crippen molar-refractivity contribution in [2.75, 3.05) is 11.4 Å². The fourth-order valence-corrected chi connectivity index (χ4v) is 3.37. The van der Waals surface area contributed by atoms with Gasteiger partial charge in [0.25, 0.3) is 0 Å². The maximum Gasteiger partial charge on any atom is 0.240 e. The lowest BCUT2D eigenvalue weighted by Gasteiger charge is -2.17. The molecule has 8 heteroatoms. The van der Waals surface area contributed by atoms with Gasteiger partial charge in [0.2, 0.25) is 5.91 Å². The third kappa shape index (κ3) is 2.75. The first-order valence-corrected chi connectivity index (χ1v) is 7.59. The number of aryl methyl sites for hydroxylation is 1. The SMILES string of the molecule is Cn1cnnc1S[C@H]1CCN(c2ccc(F)c(Cl)c2)C1=O. The molecule has 0 saturated carbocycles. The van der Waals surface area contributed by atoms with E-state index in [1.54, 1.807) is 21.9 Å². The molecule has 0 radical (unpaired) electrons. The minimum Gasteiger partial charge on any atom is -0.312 e. The fourth-order valence-electron chi connectivity index (χ4n) is 2.18. The summed E-state index contributed by atoms with van der Waals surface area (Å²) in [6.07, 6.45) is 2.30. The van der Waals surface area contributed by atoms with Gasteiger partial charge in [-0.1, -0.05) is 23.4 Å². The molecule has 1 aromatic heterocycles. The van der Waals surface area contributed by atoms with E-state index < -0.39 is 5.82 Å². The monoisotopic (exact) mass is 326 g/mol. The summed E-state index contributed by atoms with van der Waals surface area (Å²) in [5.74, 6) is -0.511. The second-order valence-electron chi connectivity index (χ2n) is 4.71. The largest absolute Gasteiger partial charge is 0.312 e. The number of thioether (sulfide) groups is 1. The molecule has 0 bridgehead atoms. The van der Waals surface area contributed by atoms with E-state index in [-0.39, 0.29) is 16.2 Å². The topological polar surface area (TPSA) is 51.0 Å². The average Bonchev–Trinajstić information content (AvgIpc) is 3.02. The van der Waals surface area contributed by atoms with Crippen LogP contribution in [0.5, 0.6) is 0 Å². The van der Waals surface area contributed by atoms with E-state index in [0.29, 0.717) is 23.8 Å². The first-order chi connectivity index (χ1) is 10.1. The third-order valence-electron chi connectivity index (χ3n) is 3.29. The molecule has 1 aromatic carbocycles. The zero-order valence-corrected chi connectivity index (χ0v) is 12.7. The van der Waals surface area contributed by atoms with Crippen LogP contribution >= 0.6 is 23.4 Å². The van der Waals surface area contributed by atoms with Crippen molar-refractivity contribution in [1.29, 1.82) is 0 Å². The fraction of sp³-hybridized carbons (Fsp3) is 0.308. The molecular weight excluding hydrogens is 315 g/mol. The minimum absolute atomic E-state index is 0.0182. The number of aromatic nitrogens is 3. The number of carbonyl (C=O) groups is 1. The molecule has 5 nitrogen and oxygen atoms in total. The second-order valence-corrected chi connectivity index (χ2v) is 6.28. The van der Waals surface area contributed by atoms with Gasteiger partial charge >= 0.3 is 0 Å². The lowest BCUT2D eigenvalue weighted by Crippen LogP contribution is -2.28. The number of carbonyl (C=O) groups excluding carboxylic acids is 1. The Morgan fingerprint density at radius 3 is 2.95 bits per heavy atom. The van der Waals surface area contributed by atoms with Gasteiger partial charge in [-0.25, -0.2) is 4.39 Å². The maximum absolute atomic E-state index is 13.2. The molecule has 0 spiro atoms. The van der Waals surface area contributed by atoms with E-state index in [1.807, 2.05) is 7.05 Å². The summed E-state index contributed by atoms with van der Waals surface area (Å²) < 4.78 is 15.0. The van der Waals surface area contributed by atoms with E-state index in [2.05, 4.69) is 10.2 Å². The van der Waals surface area contributed by atoms with Crippen LogP contribution in [-0.2, 0) is 11.8 Å². The third-order valence-corrected chi connectivity index (χ3v) is 4.88. The second kappa shape index (κ2) is 5.65. The zero-order chi connectivity index (χ0) is 15.0. The van der Waals surface area contributed by atoms with Gasteiger partial charge in [0.15, 0.2) is 5.16 Å². The van der Waals surface area contributed by atoms with Gasteiger partial charge in [0.1, 0.15) is 12.1 Å². The molecule has 2 heterocycles. The van der Waals surface area contributed by atoms with Crippen molar-refractivity contribution in [2.45, 2.75) is 16.8 Å². The summed E-state index contributed by atoms with van der Waals surface area (Å²) in [7, 11) is 1.83. The van der Waals surface area contributed by atoms with Gasteiger partial charge in [-0.3, -0.25) is 4.79 Å². The van der Waals surface area contributed by atoms with Gasteiger partial charge in [-0.15, -0.1) is 10.2 Å². The molecule has 21 heavy (non-hydrogen) atoms. The Labute approximate surface area is 130 Å². The molecule has 110 valence electrons. The van der Waals surface area contributed by atoms with Crippen molar-refractivity contribution in [3.63, 3.8) is 0 Å². The Balaban J connectivity index is 1.77. The van der Waals surface area contributed by atoms with Crippen LogP contribution in [0.15, 0.2) is 29.7 Å². The summed E-state index contributed by atoms with van der Waals surface area (Å²) in [6, 6.07) is 4.31. The minimum atomic E-state index is -0.489. The average molecular weight is 327 g/mol. The van der Waals surface area contributed by atoms with E-state index >= 15 is 0 Å². The Morgan fingerprint density at radius 2 is 2.29 bits per heavy atom. The molecule has 3 rings (SSSR count). The summed E-state index contributed by atoms with van der Waals surface area (Å²) in [5, 5.41) is 8.28. The molecular formula is C13H12ClFN4OS. The summed E-state index contributed by atoms with van der Waals surface area (Å²) in [4.78, 5) is 14.1. The molecule has 0 N–H and O–H groups in total. The van der Waals surface area contributed by atoms with Crippen LogP contribution in [0, 0.1) is 5.82 Å². The van der Waals surface area contributed by atoms with Gasteiger partial charge in [0, 0.05) is 19.3 Å². The molecule has 1 saturated heterocycles. The first kappa shape index (κ1) is 14.3. The Hall–Kier alpha value is -1.60. The van der Waals surface area contributed by atoms with Crippen molar-refractivity contribution in [3.05, 3.63) is 35.4 Å². The lowest BCUT2D eigenvalue weighted by atomic mass is 10.3. The van der Waals surface area contributed by atoms with Gasteiger partial charge in [0.05, 0.1) is 10.3 Å². The standard InChI is InChI=1S/C13H12ClFN4OS/c1-18-7-16-17-13(18)21-11-4-5-19(12(11)20)8-2-3-10(15)9(14)6-8/h2-3,6-7,11H,4-5H2,1H3/t11-/m0/s1. The molecule has 1 fully saturated rings. The van der Waals surface area contributed by atoms with Crippen molar-refractivity contribution in [1.82, 2.24) is 14.8 Å². The highest BCUT2D eigenvalue weighted by Crippen LogP contribution is 2.33. The molecule has 1 aliphatic rings. The van der Waals surface area contributed by atoms with E-state index in [9.17, 15) is 9.18 Å². The quantitative estimate of drug-likeness (QED) is 0.869. The van der Waals surface area contributed by atoms with Crippen LogP contribution in [0.4, 0.5) is 10.1 Å². The first-order valence-electron chi connectivity index (χ1n) is 6.33. The number of amides is 1. The van der Waals surface area contributed by atoms with Crippen LogP contribution < -0.4 is 4.90 Å². The number of nitrogens with zero attached hydrogens (tertiary/aromatic N) is 4. The van der Waals surface area contributed by atoms with Crippen molar-refractivity contribution >= 4 is 35.0 Å². The number of anilines is 1. The highest BCUT2D eigenvalue weighted by atomic mass is 35.5. The summed E-state index contributed by atoms with van der Waals surface area (Å²) in [5.41, 5.74) is 0.618. The highest BCUT2D eigenvalue weighted by molar-refractivity contribution is 8.00. The Bertz CT molecular complexity index is 693. The van der Waals surface area contributed by atoms with Crippen molar-refractivity contribution in [3.8, 4) is 0 Å². The van der Waals surface area contributed by atoms with E-state index in [1.165, 1.54) is 23.9 Å². The maximum atomic E-state index is 13.2. The highest BCUT2D eigenvalue weighted by Gasteiger charge is 2.34. The van der Waals surface area contributed by atoms with Crippen molar-refractivity contribution in [2.24, 2.45) is 7.05 Å². The molecule has 1 amide bonds. The van der Waals surface area contributed by atoms with E-state index in [4.69, 9.17) is 11.6 Å². The van der Waals surface area contributed by atoms with Gasteiger partial charge in [-0.05, 0) is 24.6 Å². The number of rotatable bonds is 3. The lowest BCUT2D eigenvalue weighted by molar-refractivity contribution is -0.116. The molecule has 0 aliphatic carbocycles. The summed E-state index contributed by atoms with van der Waals surface area (Å²) >= 11 is 7.16. The zero-order valence-electron chi connectivity index (χ0n) is 11.2. The predicted molar refractivity (Wildman–Crippen MR) is 79.0 cm³/mol.